The Morgan fingerprint density at radius 2 is 2.17 bits per heavy atom. The van der Waals surface area contributed by atoms with Crippen LogP contribution < -0.4 is 4.87 Å². The van der Waals surface area contributed by atoms with Gasteiger partial charge < -0.3 is 0 Å². The SMILES string of the molecule is N#Cn1c(=O)sc2ccccc21. The fraction of sp³-hybridized carbons (Fsp3) is 0. The summed E-state index contributed by atoms with van der Waals surface area (Å²) in [5.41, 5.74) is 0.690. The quantitative estimate of drug-likeness (QED) is 0.609. The third-order valence-corrected chi connectivity index (χ3v) is 2.51. The molecule has 0 unspecified atom stereocenters. The van der Waals surface area contributed by atoms with Gasteiger partial charge in [-0.25, -0.2) is 4.57 Å². The van der Waals surface area contributed by atoms with Crippen LogP contribution in [-0.4, -0.2) is 4.57 Å². The van der Waals surface area contributed by atoms with Crippen LogP contribution >= 0.6 is 11.3 Å². The van der Waals surface area contributed by atoms with Crippen LogP contribution in [0.4, 0.5) is 0 Å². The number of rotatable bonds is 0. The van der Waals surface area contributed by atoms with Crippen molar-refractivity contribution in [2.24, 2.45) is 0 Å². The molecule has 0 bridgehead atoms. The van der Waals surface area contributed by atoms with E-state index in [9.17, 15) is 4.79 Å². The van der Waals surface area contributed by atoms with Crippen molar-refractivity contribution in [3.63, 3.8) is 0 Å². The molecule has 58 valence electrons. The monoisotopic (exact) mass is 176 g/mol. The van der Waals surface area contributed by atoms with Gasteiger partial charge in [0.2, 0.25) is 0 Å². The van der Waals surface area contributed by atoms with Crippen LogP contribution in [-0.2, 0) is 0 Å². The molecule has 0 N–H and O–H groups in total. The molecular weight excluding hydrogens is 172 g/mol. The maximum Gasteiger partial charge on any atom is 0.321 e. The Balaban J connectivity index is 3.03. The van der Waals surface area contributed by atoms with E-state index in [0.717, 1.165) is 20.6 Å². The van der Waals surface area contributed by atoms with E-state index in [-0.39, 0.29) is 4.87 Å². The lowest BCUT2D eigenvalue weighted by Gasteiger charge is -1.87. The van der Waals surface area contributed by atoms with E-state index < -0.39 is 0 Å². The molecule has 0 aliphatic carbocycles. The molecule has 1 heterocycles. The van der Waals surface area contributed by atoms with Crippen molar-refractivity contribution in [3.8, 4) is 6.19 Å². The number of thiazole rings is 1. The molecule has 3 nitrogen and oxygen atoms in total. The van der Waals surface area contributed by atoms with Gasteiger partial charge in [-0.15, -0.1) is 0 Å². The predicted molar refractivity (Wildman–Crippen MR) is 47.1 cm³/mol. The van der Waals surface area contributed by atoms with Crippen LogP contribution in [0.3, 0.4) is 0 Å². The van der Waals surface area contributed by atoms with E-state index in [0.29, 0.717) is 5.52 Å². The third kappa shape index (κ3) is 0.840. The van der Waals surface area contributed by atoms with Crippen LogP contribution in [0.15, 0.2) is 29.1 Å². The lowest BCUT2D eigenvalue weighted by molar-refractivity contribution is 1.11. The summed E-state index contributed by atoms with van der Waals surface area (Å²) in [4.78, 5) is 10.9. The maximum atomic E-state index is 11.1. The van der Waals surface area contributed by atoms with Crippen LogP contribution in [0.25, 0.3) is 10.2 Å². The van der Waals surface area contributed by atoms with E-state index in [1.165, 1.54) is 0 Å². The number of benzene rings is 1. The second-order valence-corrected chi connectivity index (χ2v) is 3.26. The third-order valence-electron chi connectivity index (χ3n) is 1.59. The van der Waals surface area contributed by atoms with Gasteiger partial charge in [0.15, 0.2) is 6.19 Å². The standard InChI is InChI=1S/C8H4N2OS/c9-5-10-6-3-1-2-4-7(6)12-8(10)11/h1-4H. The van der Waals surface area contributed by atoms with E-state index in [1.54, 1.807) is 6.07 Å². The molecule has 2 aromatic rings. The molecule has 4 heteroatoms. The van der Waals surface area contributed by atoms with Gasteiger partial charge >= 0.3 is 4.87 Å². The van der Waals surface area contributed by atoms with Gasteiger partial charge in [0.1, 0.15) is 0 Å². The highest BCUT2D eigenvalue weighted by Crippen LogP contribution is 2.14. The molecule has 0 fully saturated rings. The summed E-state index contributed by atoms with van der Waals surface area (Å²) in [6.45, 7) is 0. The lowest BCUT2D eigenvalue weighted by Crippen LogP contribution is -2.06. The Morgan fingerprint density at radius 1 is 1.42 bits per heavy atom. The molecule has 0 saturated heterocycles. The van der Waals surface area contributed by atoms with Crippen molar-refractivity contribution in [1.82, 2.24) is 4.57 Å². The first-order chi connectivity index (χ1) is 5.83. The summed E-state index contributed by atoms with van der Waals surface area (Å²) < 4.78 is 1.95. The Hall–Kier alpha value is -1.60. The minimum atomic E-state index is -0.223. The number of hydrogen-bond acceptors (Lipinski definition) is 3. The zero-order valence-electron chi connectivity index (χ0n) is 6.02. The highest BCUT2D eigenvalue weighted by Gasteiger charge is 2.03. The van der Waals surface area contributed by atoms with Crippen LogP contribution in [0.2, 0.25) is 0 Å². The second kappa shape index (κ2) is 2.47. The van der Waals surface area contributed by atoms with Gasteiger partial charge in [-0.2, -0.15) is 5.26 Å². The van der Waals surface area contributed by atoms with Crippen molar-refractivity contribution in [1.29, 1.82) is 5.26 Å². The lowest BCUT2D eigenvalue weighted by atomic mass is 10.3. The molecule has 0 atom stereocenters. The molecule has 1 aromatic carbocycles. The van der Waals surface area contributed by atoms with E-state index >= 15 is 0 Å². The van der Waals surface area contributed by atoms with Gasteiger partial charge in [0, 0.05) is 0 Å². The fourth-order valence-corrected chi connectivity index (χ4v) is 1.89. The summed E-state index contributed by atoms with van der Waals surface area (Å²) in [5, 5.41) is 8.62. The number of fused-ring (bicyclic) bond motifs is 1. The summed E-state index contributed by atoms with van der Waals surface area (Å²) in [7, 11) is 0. The topological polar surface area (TPSA) is 45.8 Å². The summed E-state index contributed by atoms with van der Waals surface area (Å²) in [5.74, 6) is 0. The molecular formula is C8H4N2OS. The van der Waals surface area contributed by atoms with Crippen LogP contribution in [0.1, 0.15) is 0 Å². The van der Waals surface area contributed by atoms with Gasteiger partial charge in [-0.05, 0) is 12.1 Å². The Kier molecular flexibility index (Phi) is 1.45. The number of aromatic nitrogens is 1. The molecule has 0 saturated carbocycles. The number of para-hydroxylation sites is 1. The van der Waals surface area contributed by atoms with E-state index in [2.05, 4.69) is 0 Å². The summed E-state index contributed by atoms with van der Waals surface area (Å²) in [6.07, 6.45) is 1.83. The van der Waals surface area contributed by atoms with Crippen molar-refractivity contribution >= 4 is 21.6 Å². The van der Waals surface area contributed by atoms with Crippen LogP contribution in [0, 0.1) is 11.5 Å². The molecule has 0 aliphatic rings. The van der Waals surface area contributed by atoms with Gasteiger partial charge in [0.05, 0.1) is 10.2 Å². The first kappa shape index (κ1) is 7.07. The first-order valence-electron chi connectivity index (χ1n) is 3.33. The zero-order valence-corrected chi connectivity index (χ0v) is 6.84. The smallest absolute Gasteiger partial charge is 0.255 e. The number of hydrogen-bond donors (Lipinski definition) is 0. The predicted octanol–water partition coefficient (Wildman–Crippen LogP) is 1.39. The minimum Gasteiger partial charge on any atom is -0.255 e. The molecule has 12 heavy (non-hydrogen) atoms. The normalized spacial score (nSPS) is 9.92. The Labute approximate surface area is 72.1 Å². The van der Waals surface area contributed by atoms with Crippen molar-refractivity contribution < 1.29 is 0 Å². The molecule has 1 aromatic heterocycles. The maximum absolute atomic E-state index is 11.1. The molecule has 0 spiro atoms. The molecule has 0 amide bonds. The highest BCUT2D eigenvalue weighted by molar-refractivity contribution is 7.16. The van der Waals surface area contributed by atoms with E-state index in [1.807, 2.05) is 24.4 Å². The van der Waals surface area contributed by atoms with Gasteiger partial charge in [-0.1, -0.05) is 23.5 Å². The number of nitriles is 1. The molecule has 0 radical (unpaired) electrons. The summed E-state index contributed by atoms with van der Waals surface area (Å²) >= 11 is 1.09. The van der Waals surface area contributed by atoms with Crippen molar-refractivity contribution in [2.75, 3.05) is 0 Å². The molecule has 2 rings (SSSR count). The molecule has 0 aliphatic heterocycles. The van der Waals surface area contributed by atoms with Crippen molar-refractivity contribution in [2.45, 2.75) is 0 Å². The Morgan fingerprint density at radius 3 is 2.92 bits per heavy atom. The van der Waals surface area contributed by atoms with Gasteiger partial charge in [0.25, 0.3) is 0 Å². The average Bonchev–Trinajstić information content (AvgIpc) is 2.40. The number of nitrogens with zero attached hydrogens (tertiary/aromatic N) is 2. The highest BCUT2D eigenvalue weighted by atomic mass is 32.1. The fourth-order valence-electron chi connectivity index (χ4n) is 1.06. The Bertz CT molecular complexity index is 518. The zero-order chi connectivity index (χ0) is 8.55. The second-order valence-electron chi connectivity index (χ2n) is 2.27. The first-order valence-corrected chi connectivity index (χ1v) is 4.15. The summed E-state index contributed by atoms with van der Waals surface area (Å²) in [6, 6.07) is 7.24. The average molecular weight is 176 g/mol. The van der Waals surface area contributed by atoms with E-state index in [4.69, 9.17) is 5.26 Å². The largest absolute Gasteiger partial charge is 0.321 e. The van der Waals surface area contributed by atoms with Crippen LogP contribution in [0.5, 0.6) is 0 Å². The van der Waals surface area contributed by atoms with Gasteiger partial charge in [-0.3, -0.25) is 4.79 Å². The van der Waals surface area contributed by atoms with Crippen molar-refractivity contribution in [3.05, 3.63) is 33.9 Å². The minimum absolute atomic E-state index is 0.223.